The number of hydrogen-bond donors (Lipinski definition) is 0. The van der Waals surface area contributed by atoms with Crippen molar-refractivity contribution in [1.29, 1.82) is 0 Å². The molecule has 4 rings (SSSR count). The molecule has 8 heteroatoms. The van der Waals surface area contributed by atoms with Crippen LogP contribution in [0, 0.1) is 0 Å². The Morgan fingerprint density at radius 1 is 0.806 bits per heavy atom. The number of esters is 1. The second kappa shape index (κ2) is 13.2. The van der Waals surface area contributed by atoms with Crippen LogP contribution in [-0.2, 0) is 16.0 Å². The molecule has 0 unspecified atom stereocenters. The second-order valence-electron chi connectivity index (χ2n) is 8.36. The maximum atomic E-state index is 12.9. The topological polar surface area (TPSA) is 68.2 Å². The molecular formula is C28H30BrN4O2P. The summed E-state index contributed by atoms with van der Waals surface area (Å²) in [6.45, 7) is 0.239. The first-order valence-electron chi connectivity index (χ1n) is 11.7. The zero-order valence-corrected chi connectivity index (χ0v) is 23.0. The summed E-state index contributed by atoms with van der Waals surface area (Å²) in [7, 11) is 1.70. The van der Waals surface area contributed by atoms with Gasteiger partial charge < -0.3 is 26.6 Å². The average Bonchev–Trinajstić information content (AvgIpc) is 2.91. The summed E-state index contributed by atoms with van der Waals surface area (Å²) in [5.41, 5.74) is 0. The molecule has 0 saturated carbocycles. The molecule has 6 nitrogen and oxygen atoms in total. The van der Waals surface area contributed by atoms with E-state index in [0.717, 1.165) is 0 Å². The maximum absolute atomic E-state index is 12.9. The molecule has 0 spiro atoms. The van der Waals surface area contributed by atoms with E-state index in [4.69, 9.17) is 4.74 Å². The Labute approximate surface area is 223 Å². The van der Waals surface area contributed by atoms with Gasteiger partial charge in [0.15, 0.2) is 0 Å². The molecule has 4 aromatic rings. The third-order valence-electron chi connectivity index (χ3n) is 5.84. The smallest absolute Gasteiger partial charge is 0.309 e. The fourth-order valence-corrected chi connectivity index (χ4v) is 8.36. The Morgan fingerprint density at radius 3 is 1.78 bits per heavy atom. The minimum Gasteiger partial charge on any atom is -1.00 e. The van der Waals surface area contributed by atoms with Crippen molar-refractivity contribution in [2.75, 3.05) is 31.8 Å². The summed E-state index contributed by atoms with van der Waals surface area (Å²) in [6.07, 6.45) is 2.95. The Kier molecular flexibility index (Phi) is 10.1. The summed E-state index contributed by atoms with van der Waals surface area (Å²) in [5.74, 6) is 0.986. The lowest BCUT2D eigenvalue weighted by Gasteiger charge is -2.27. The normalized spacial score (nSPS) is 10.8. The van der Waals surface area contributed by atoms with Crippen LogP contribution < -0.4 is 37.8 Å². The van der Waals surface area contributed by atoms with Crippen LogP contribution in [0.5, 0.6) is 0 Å². The van der Waals surface area contributed by atoms with Crippen molar-refractivity contribution in [2.45, 2.75) is 12.8 Å². The highest BCUT2D eigenvalue weighted by Gasteiger charge is 2.45. The molecule has 0 aliphatic rings. The minimum atomic E-state index is -2.05. The Hall–Kier alpha value is -3.15. The van der Waals surface area contributed by atoms with Gasteiger partial charge in [-0.2, -0.15) is 4.98 Å². The van der Waals surface area contributed by atoms with E-state index in [1.807, 2.05) is 37.2 Å². The number of carbonyl (C=O) groups excluding carboxylic acids is 1. The predicted molar refractivity (Wildman–Crippen MR) is 143 cm³/mol. The SMILES string of the molecule is CN(C)c1ncnc(CCOC(=O)CC[P+](c2ccccc2)(c2ccccc2)c2ccccc2)n1.[Br-]. The van der Waals surface area contributed by atoms with E-state index in [-0.39, 0.29) is 29.6 Å². The van der Waals surface area contributed by atoms with Crippen LogP contribution in [0.1, 0.15) is 12.2 Å². The summed E-state index contributed by atoms with van der Waals surface area (Å²) in [4.78, 5) is 27.4. The number of rotatable bonds is 10. The van der Waals surface area contributed by atoms with Crippen LogP contribution in [0.3, 0.4) is 0 Å². The maximum Gasteiger partial charge on any atom is 0.309 e. The summed E-state index contributed by atoms with van der Waals surface area (Å²) in [6, 6.07) is 31.6. The van der Waals surface area contributed by atoms with Crippen molar-refractivity contribution in [2.24, 2.45) is 0 Å². The van der Waals surface area contributed by atoms with E-state index in [2.05, 4.69) is 87.7 Å². The molecule has 0 atom stereocenters. The first kappa shape index (κ1) is 27.4. The fourth-order valence-electron chi connectivity index (χ4n) is 4.13. The minimum absolute atomic E-state index is 0. The van der Waals surface area contributed by atoms with Gasteiger partial charge in [0.25, 0.3) is 0 Å². The van der Waals surface area contributed by atoms with Gasteiger partial charge >= 0.3 is 5.97 Å². The molecular weight excluding hydrogens is 535 g/mol. The largest absolute Gasteiger partial charge is 1.00 e. The quantitative estimate of drug-likeness (QED) is 0.205. The summed E-state index contributed by atoms with van der Waals surface area (Å²) in [5, 5.41) is 3.77. The van der Waals surface area contributed by atoms with Gasteiger partial charge in [-0.3, -0.25) is 4.79 Å². The third-order valence-corrected chi connectivity index (χ3v) is 10.3. The highest BCUT2D eigenvalue weighted by Crippen LogP contribution is 2.55. The Balaban J connectivity index is 0.00000361. The van der Waals surface area contributed by atoms with Gasteiger partial charge in [0.1, 0.15) is 35.3 Å². The van der Waals surface area contributed by atoms with E-state index in [1.54, 1.807) is 0 Å². The number of carbonyl (C=O) groups is 1. The van der Waals surface area contributed by atoms with Crippen LogP contribution in [-0.4, -0.2) is 47.8 Å². The summed E-state index contributed by atoms with van der Waals surface area (Å²) < 4.78 is 5.61. The van der Waals surface area contributed by atoms with Crippen molar-refractivity contribution in [3.8, 4) is 0 Å². The van der Waals surface area contributed by atoms with Gasteiger partial charge in [-0.25, -0.2) is 9.97 Å². The molecule has 0 aliphatic carbocycles. The second-order valence-corrected chi connectivity index (χ2v) is 12.0. The van der Waals surface area contributed by atoms with Crippen molar-refractivity contribution >= 4 is 35.1 Å². The van der Waals surface area contributed by atoms with E-state index >= 15 is 0 Å². The van der Waals surface area contributed by atoms with Crippen molar-refractivity contribution < 1.29 is 26.5 Å². The Morgan fingerprint density at radius 2 is 1.31 bits per heavy atom. The molecule has 0 aliphatic heterocycles. The molecule has 3 aromatic carbocycles. The number of anilines is 1. The zero-order valence-electron chi connectivity index (χ0n) is 20.5. The predicted octanol–water partition coefficient (Wildman–Crippen LogP) is 0.412. The molecule has 0 N–H and O–H groups in total. The lowest BCUT2D eigenvalue weighted by Crippen LogP contribution is -3.00. The fraction of sp³-hybridized carbons (Fsp3) is 0.214. The number of nitrogens with zero attached hydrogens (tertiary/aromatic N) is 4. The molecule has 0 amide bonds. The number of aromatic nitrogens is 3. The molecule has 0 bridgehead atoms. The molecule has 0 fully saturated rings. The van der Waals surface area contributed by atoms with Gasteiger partial charge in [0, 0.05) is 20.5 Å². The number of benzene rings is 3. The van der Waals surface area contributed by atoms with E-state index in [0.29, 0.717) is 30.8 Å². The lowest BCUT2D eigenvalue weighted by atomic mass is 10.3. The number of halogens is 1. The van der Waals surface area contributed by atoms with Gasteiger partial charge in [0.05, 0.1) is 19.2 Å². The van der Waals surface area contributed by atoms with Crippen LogP contribution >= 0.6 is 7.26 Å². The molecule has 1 aromatic heterocycles. The molecule has 1 heterocycles. The van der Waals surface area contributed by atoms with E-state index < -0.39 is 7.26 Å². The van der Waals surface area contributed by atoms with Crippen molar-refractivity contribution in [3.05, 3.63) is 103 Å². The molecule has 186 valence electrons. The molecule has 36 heavy (non-hydrogen) atoms. The van der Waals surface area contributed by atoms with Crippen molar-refractivity contribution in [1.82, 2.24) is 15.0 Å². The standard InChI is InChI=1S/C28H30N4O2P.BrH/c1-32(2)28-30-22-29-26(31-28)18-20-34-27(33)19-21-35(23-12-6-3-7-13-23,24-14-8-4-9-15-24)25-16-10-5-11-17-25;/h3-17,22H,18-21H2,1-2H3;1H/q+1;/p-1. The van der Waals surface area contributed by atoms with Gasteiger partial charge in [0.2, 0.25) is 5.95 Å². The number of hydrogen-bond acceptors (Lipinski definition) is 6. The monoisotopic (exact) mass is 564 g/mol. The van der Waals surface area contributed by atoms with E-state index in [9.17, 15) is 4.79 Å². The van der Waals surface area contributed by atoms with E-state index in [1.165, 1.54) is 22.2 Å². The van der Waals surface area contributed by atoms with Crippen LogP contribution in [0.15, 0.2) is 97.3 Å². The van der Waals surface area contributed by atoms with Crippen molar-refractivity contribution in [3.63, 3.8) is 0 Å². The first-order chi connectivity index (χ1) is 17.1. The van der Waals surface area contributed by atoms with Crippen LogP contribution in [0.2, 0.25) is 0 Å². The van der Waals surface area contributed by atoms with Gasteiger partial charge in [-0.15, -0.1) is 0 Å². The van der Waals surface area contributed by atoms with Gasteiger partial charge in [-0.05, 0) is 36.4 Å². The highest BCUT2D eigenvalue weighted by molar-refractivity contribution is 7.95. The van der Waals surface area contributed by atoms with Crippen LogP contribution in [0.25, 0.3) is 0 Å². The number of ether oxygens (including phenoxy) is 1. The zero-order chi connectivity index (χ0) is 24.5. The summed E-state index contributed by atoms with van der Waals surface area (Å²) >= 11 is 0. The Bertz CT molecular complexity index is 1130. The third kappa shape index (κ3) is 6.54. The highest BCUT2D eigenvalue weighted by atomic mass is 79.9. The van der Waals surface area contributed by atoms with Gasteiger partial charge in [-0.1, -0.05) is 54.6 Å². The first-order valence-corrected chi connectivity index (χ1v) is 13.6. The average molecular weight is 565 g/mol. The van der Waals surface area contributed by atoms with Crippen LogP contribution in [0.4, 0.5) is 5.95 Å². The lowest BCUT2D eigenvalue weighted by molar-refractivity contribution is -0.143. The molecule has 0 saturated heterocycles. The molecule has 0 radical (unpaired) electrons.